The number of hydrogen-bond donors (Lipinski definition) is 0. The SMILES string of the molecule is COc1ccccc1C1CC(c2ccc(C)c(C)c2)=NN1C(=O)CN(CCN1CCOCC1)C(=O)c1cccc(F)c1. The quantitative estimate of drug-likeness (QED) is 0.375. The molecule has 1 saturated heterocycles. The van der Waals surface area contributed by atoms with E-state index in [4.69, 9.17) is 14.6 Å². The van der Waals surface area contributed by atoms with Crippen LogP contribution in [0.25, 0.3) is 0 Å². The summed E-state index contributed by atoms with van der Waals surface area (Å²) in [7, 11) is 1.61. The lowest BCUT2D eigenvalue weighted by atomic mass is 9.96. The zero-order chi connectivity index (χ0) is 29.6. The predicted octanol–water partition coefficient (Wildman–Crippen LogP) is 4.60. The van der Waals surface area contributed by atoms with Crippen LogP contribution in [0.4, 0.5) is 4.39 Å². The van der Waals surface area contributed by atoms with E-state index in [9.17, 15) is 14.0 Å². The minimum atomic E-state index is -0.501. The minimum Gasteiger partial charge on any atom is -0.496 e. The number of methoxy groups -OCH3 is 1. The third kappa shape index (κ3) is 6.69. The summed E-state index contributed by atoms with van der Waals surface area (Å²) in [6.07, 6.45) is 0.500. The Balaban J connectivity index is 1.45. The van der Waals surface area contributed by atoms with Gasteiger partial charge in [0.05, 0.1) is 32.1 Å². The predicted molar refractivity (Wildman–Crippen MR) is 159 cm³/mol. The monoisotopic (exact) mass is 572 g/mol. The molecule has 2 amide bonds. The van der Waals surface area contributed by atoms with E-state index in [-0.39, 0.29) is 18.0 Å². The fraction of sp³-hybridized carbons (Fsp3) is 0.364. The van der Waals surface area contributed by atoms with Gasteiger partial charge in [0.25, 0.3) is 11.8 Å². The van der Waals surface area contributed by atoms with Gasteiger partial charge in [0.2, 0.25) is 0 Å². The summed E-state index contributed by atoms with van der Waals surface area (Å²) in [5, 5.41) is 6.32. The lowest BCUT2D eigenvalue weighted by molar-refractivity contribution is -0.133. The number of benzene rings is 3. The molecular weight excluding hydrogens is 535 g/mol. The summed E-state index contributed by atoms with van der Waals surface area (Å²) in [5.41, 5.74) is 5.10. The van der Waals surface area contributed by atoms with Gasteiger partial charge in [-0.2, -0.15) is 5.10 Å². The van der Waals surface area contributed by atoms with Crippen molar-refractivity contribution in [2.75, 3.05) is 53.0 Å². The molecule has 8 nitrogen and oxygen atoms in total. The van der Waals surface area contributed by atoms with E-state index in [2.05, 4.69) is 30.9 Å². The van der Waals surface area contributed by atoms with Gasteiger partial charge in [-0.05, 0) is 60.9 Å². The molecule has 9 heteroatoms. The summed E-state index contributed by atoms with van der Waals surface area (Å²) in [4.78, 5) is 31.4. The summed E-state index contributed by atoms with van der Waals surface area (Å²) in [6, 6.07) is 18.9. The summed E-state index contributed by atoms with van der Waals surface area (Å²) in [5.74, 6) is -0.561. The largest absolute Gasteiger partial charge is 0.496 e. The van der Waals surface area contributed by atoms with E-state index in [0.29, 0.717) is 38.5 Å². The number of ether oxygens (including phenoxy) is 2. The summed E-state index contributed by atoms with van der Waals surface area (Å²) in [6.45, 7) is 7.55. The summed E-state index contributed by atoms with van der Waals surface area (Å²) < 4.78 is 25.1. The number of halogens is 1. The molecule has 1 fully saturated rings. The van der Waals surface area contributed by atoms with Crippen LogP contribution in [0.5, 0.6) is 5.75 Å². The molecule has 42 heavy (non-hydrogen) atoms. The zero-order valence-electron chi connectivity index (χ0n) is 24.4. The van der Waals surface area contributed by atoms with Crippen molar-refractivity contribution < 1.29 is 23.5 Å². The highest BCUT2D eigenvalue weighted by Crippen LogP contribution is 2.37. The lowest BCUT2D eigenvalue weighted by Gasteiger charge is -2.31. The molecule has 3 aromatic carbocycles. The molecule has 2 heterocycles. The highest BCUT2D eigenvalue weighted by atomic mass is 19.1. The highest BCUT2D eigenvalue weighted by molar-refractivity contribution is 6.04. The first-order valence-electron chi connectivity index (χ1n) is 14.3. The number of hydrazone groups is 1. The Morgan fingerprint density at radius 3 is 2.55 bits per heavy atom. The second-order valence-corrected chi connectivity index (χ2v) is 10.7. The van der Waals surface area contributed by atoms with Crippen LogP contribution in [0, 0.1) is 19.7 Å². The molecule has 2 aliphatic rings. The van der Waals surface area contributed by atoms with Crippen LogP contribution >= 0.6 is 0 Å². The smallest absolute Gasteiger partial charge is 0.262 e. The maximum Gasteiger partial charge on any atom is 0.262 e. The Kier molecular flexibility index (Phi) is 9.29. The van der Waals surface area contributed by atoms with E-state index in [1.807, 2.05) is 30.3 Å². The standard InChI is InChI=1S/C33H37FN4O4/c1-23-11-12-25(19-24(23)2)29-21-30(28-9-4-5-10-31(28)41-3)38(35-29)32(39)22-37(14-13-36-15-17-42-18-16-36)33(40)26-7-6-8-27(34)20-26/h4-12,19-20,30H,13-18,21-22H2,1-3H3. The van der Waals surface area contributed by atoms with Crippen molar-refractivity contribution in [2.24, 2.45) is 5.10 Å². The molecule has 0 saturated carbocycles. The molecular formula is C33H37FN4O4. The van der Waals surface area contributed by atoms with Crippen molar-refractivity contribution in [2.45, 2.75) is 26.3 Å². The minimum absolute atomic E-state index is 0.199. The molecule has 0 aliphatic carbocycles. The van der Waals surface area contributed by atoms with E-state index in [1.165, 1.54) is 33.7 Å². The second-order valence-electron chi connectivity index (χ2n) is 10.7. The number of carbonyl (C=O) groups excluding carboxylic acids is 2. The molecule has 0 spiro atoms. The van der Waals surface area contributed by atoms with Gasteiger partial charge in [-0.25, -0.2) is 9.40 Å². The molecule has 2 aliphatic heterocycles. The van der Waals surface area contributed by atoms with Crippen LogP contribution in [-0.4, -0.2) is 85.4 Å². The molecule has 0 aromatic heterocycles. The van der Waals surface area contributed by atoms with E-state index in [0.717, 1.165) is 35.5 Å². The average Bonchev–Trinajstić information content (AvgIpc) is 3.46. The molecule has 1 unspecified atom stereocenters. The van der Waals surface area contributed by atoms with Crippen molar-refractivity contribution in [3.63, 3.8) is 0 Å². The average molecular weight is 573 g/mol. The fourth-order valence-electron chi connectivity index (χ4n) is 5.40. The molecule has 220 valence electrons. The molecule has 0 radical (unpaired) electrons. The van der Waals surface area contributed by atoms with Crippen molar-refractivity contribution in [3.05, 3.63) is 100 Å². The van der Waals surface area contributed by atoms with Crippen LogP contribution in [0.2, 0.25) is 0 Å². The molecule has 1 atom stereocenters. The van der Waals surface area contributed by atoms with Crippen LogP contribution in [-0.2, 0) is 9.53 Å². The van der Waals surface area contributed by atoms with Gasteiger partial charge in [0.15, 0.2) is 0 Å². The number of aryl methyl sites for hydroxylation is 2. The van der Waals surface area contributed by atoms with E-state index < -0.39 is 17.8 Å². The highest BCUT2D eigenvalue weighted by Gasteiger charge is 2.36. The first-order chi connectivity index (χ1) is 20.3. The van der Waals surface area contributed by atoms with Crippen molar-refractivity contribution >= 4 is 17.5 Å². The Hall–Kier alpha value is -4.08. The topological polar surface area (TPSA) is 74.7 Å². The Bertz CT molecular complexity index is 1470. The first kappa shape index (κ1) is 29.4. The van der Waals surface area contributed by atoms with Crippen molar-refractivity contribution in [1.82, 2.24) is 14.8 Å². The normalized spacial score (nSPS) is 17.2. The van der Waals surface area contributed by atoms with Gasteiger partial charge in [0.1, 0.15) is 18.1 Å². The van der Waals surface area contributed by atoms with E-state index in [1.54, 1.807) is 13.2 Å². The fourth-order valence-corrected chi connectivity index (χ4v) is 5.40. The first-order valence-corrected chi connectivity index (χ1v) is 14.3. The molecule has 3 aromatic rings. The zero-order valence-corrected chi connectivity index (χ0v) is 24.4. The number of hydrogen-bond acceptors (Lipinski definition) is 6. The second kappa shape index (κ2) is 13.3. The van der Waals surface area contributed by atoms with Gasteiger partial charge >= 0.3 is 0 Å². The van der Waals surface area contributed by atoms with Crippen LogP contribution in [0.15, 0.2) is 71.8 Å². The Morgan fingerprint density at radius 2 is 1.81 bits per heavy atom. The molecule has 5 rings (SSSR count). The van der Waals surface area contributed by atoms with Gasteiger partial charge in [-0.3, -0.25) is 14.5 Å². The number of nitrogens with zero attached hydrogens (tertiary/aromatic N) is 4. The number of carbonyl (C=O) groups is 2. The Labute approximate surface area is 246 Å². The summed E-state index contributed by atoms with van der Waals surface area (Å²) >= 11 is 0. The van der Waals surface area contributed by atoms with Crippen molar-refractivity contribution in [3.8, 4) is 5.75 Å². The van der Waals surface area contributed by atoms with Gasteiger partial charge in [-0.1, -0.05) is 36.4 Å². The molecule has 0 bridgehead atoms. The van der Waals surface area contributed by atoms with Crippen LogP contribution < -0.4 is 4.74 Å². The van der Waals surface area contributed by atoms with E-state index >= 15 is 0 Å². The number of morpholine rings is 1. The third-order valence-corrected chi connectivity index (χ3v) is 7.98. The van der Waals surface area contributed by atoms with Gasteiger partial charge < -0.3 is 14.4 Å². The van der Waals surface area contributed by atoms with Gasteiger partial charge in [0, 0.05) is 43.7 Å². The lowest BCUT2D eigenvalue weighted by Crippen LogP contribution is -2.46. The third-order valence-electron chi connectivity index (χ3n) is 7.98. The van der Waals surface area contributed by atoms with Gasteiger partial charge in [-0.15, -0.1) is 0 Å². The number of amides is 2. The van der Waals surface area contributed by atoms with Crippen LogP contribution in [0.3, 0.4) is 0 Å². The molecule has 0 N–H and O–H groups in total. The van der Waals surface area contributed by atoms with Crippen molar-refractivity contribution in [1.29, 1.82) is 0 Å². The maximum absolute atomic E-state index is 14.1. The number of para-hydroxylation sites is 1. The maximum atomic E-state index is 14.1. The van der Waals surface area contributed by atoms with Crippen LogP contribution in [0.1, 0.15) is 45.1 Å². The number of rotatable bonds is 9. The Morgan fingerprint density at radius 1 is 1.02 bits per heavy atom.